The highest BCUT2D eigenvalue weighted by Gasteiger charge is 2.34. The molecule has 1 saturated heterocycles. The first-order valence-electron chi connectivity index (χ1n) is 6.40. The lowest BCUT2D eigenvalue weighted by molar-refractivity contribution is 0.0850. The van der Waals surface area contributed by atoms with Crippen LogP contribution in [0.3, 0.4) is 0 Å². The number of hydrogen-bond acceptors (Lipinski definition) is 3. The number of rotatable bonds is 3. The van der Waals surface area contributed by atoms with Crippen molar-refractivity contribution in [1.29, 1.82) is 0 Å². The topological polar surface area (TPSA) is 28.2 Å². The van der Waals surface area contributed by atoms with Gasteiger partial charge in [0.05, 0.1) is 0 Å². The molecule has 0 spiro atoms. The molecule has 0 aromatic carbocycles. The minimum Gasteiger partial charge on any atom is -0.315 e. The number of nitrogens with one attached hydrogen (secondary N) is 1. The van der Waals surface area contributed by atoms with Crippen molar-refractivity contribution in [3.63, 3.8) is 0 Å². The van der Waals surface area contributed by atoms with Crippen molar-refractivity contribution in [2.24, 2.45) is 5.41 Å². The molecule has 1 aliphatic rings. The molecule has 0 bridgehead atoms. The average molecular weight is 233 g/mol. The summed E-state index contributed by atoms with van der Waals surface area (Å²) >= 11 is 0. The van der Waals surface area contributed by atoms with E-state index in [4.69, 9.17) is 0 Å². The first-order chi connectivity index (χ1) is 8.12. The average Bonchev–Trinajstić information content (AvgIpc) is 2.33. The van der Waals surface area contributed by atoms with E-state index in [1.165, 1.54) is 18.5 Å². The maximum Gasteiger partial charge on any atom is 0.0271 e. The molecule has 94 valence electrons. The van der Waals surface area contributed by atoms with Gasteiger partial charge >= 0.3 is 0 Å². The Morgan fingerprint density at radius 3 is 2.76 bits per heavy atom. The van der Waals surface area contributed by atoms with Gasteiger partial charge in [0.1, 0.15) is 0 Å². The SMILES string of the molecule is CNC1CN(Cc2ccncc2)CCC1(C)C. The number of likely N-dealkylation sites (N-methyl/N-ethyl adjacent to an activating group) is 1. The van der Waals surface area contributed by atoms with Gasteiger partial charge in [-0.05, 0) is 43.1 Å². The Morgan fingerprint density at radius 2 is 2.12 bits per heavy atom. The Hall–Kier alpha value is -0.930. The molecule has 1 aliphatic heterocycles. The van der Waals surface area contributed by atoms with Crippen LogP contribution >= 0.6 is 0 Å². The molecule has 1 unspecified atom stereocenters. The predicted molar refractivity (Wildman–Crippen MR) is 70.8 cm³/mol. The Kier molecular flexibility index (Phi) is 3.79. The van der Waals surface area contributed by atoms with E-state index in [9.17, 15) is 0 Å². The zero-order valence-electron chi connectivity index (χ0n) is 11.1. The number of piperidine rings is 1. The molecule has 1 atom stereocenters. The first-order valence-corrected chi connectivity index (χ1v) is 6.40. The molecule has 2 heterocycles. The fourth-order valence-corrected chi connectivity index (χ4v) is 2.59. The molecular formula is C14H23N3. The lowest BCUT2D eigenvalue weighted by Gasteiger charge is -2.44. The highest BCUT2D eigenvalue weighted by molar-refractivity contribution is 5.10. The Bertz CT molecular complexity index is 348. The molecule has 3 heteroatoms. The summed E-state index contributed by atoms with van der Waals surface area (Å²) in [6.07, 6.45) is 5.00. The van der Waals surface area contributed by atoms with Crippen LogP contribution < -0.4 is 5.32 Å². The normalized spacial score (nSPS) is 24.8. The van der Waals surface area contributed by atoms with Gasteiger partial charge in [0, 0.05) is 31.5 Å². The van der Waals surface area contributed by atoms with E-state index in [1.807, 2.05) is 12.4 Å². The molecule has 0 saturated carbocycles. The lowest BCUT2D eigenvalue weighted by Crippen LogP contribution is -2.53. The molecule has 2 rings (SSSR count). The Balaban J connectivity index is 1.96. The summed E-state index contributed by atoms with van der Waals surface area (Å²) in [5, 5.41) is 3.46. The summed E-state index contributed by atoms with van der Waals surface area (Å²) in [4.78, 5) is 6.59. The van der Waals surface area contributed by atoms with Crippen LogP contribution in [0.5, 0.6) is 0 Å². The van der Waals surface area contributed by atoms with Gasteiger partial charge < -0.3 is 5.32 Å². The third-order valence-electron chi connectivity index (χ3n) is 3.96. The van der Waals surface area contributed by atoms with Crippen molar-refractivity contribution >= 4 is 0 Å². The second-order valence-electron chi connectivity index (χ2n) is 5.67. The van der Waals surface area contributed by atoms with Crippen LogP contribution in [0.25, 0.3) is 0 Å². The van der Waals surface area contributed by atoms with Crippen LogP contribution in [0, 0.1) is 5.41 Å². The van der Waals surface area contributed by atoms with E-state index in [-0.39, 0.29) is 0 Å². The van der Waals surface area contributed by atoms with Gasteiger partial charge in [-0.15, -0.1) is 0 Å². The molecule has 17 heavy (non-hydrogen) atoms. The summed E-state index contributed by atoms with van der Waals surface area (Å²) in [5.74, 6) is 0. The standard InChI is InChI=1S/C14H23N3/c1-14(2)6-9-17(11-13(14)15-3)10-12-4-7-16-8-5-12/h4-5,7-8,13,15H,6,9-11H2,1-3H3. The van der Waals surface area contributed by atoms with Crippen LogP contribution in [0.4, 0.5) is 0 Å². The van der Waals surface area contributed by atoms with E-state index in [0.717, 1.165) is 13.1 Å². The van der Waals surface area contributed by atoms with Crippen molar-refractivity contribution in [2.45, 2.75) is 32.9 Å². The lowest BCUT2D eigenvalue weighted by atomic mass is 9.78. The summed E-state index contributed by atoms with van der Waals surface area (Å²) in [5.41, 5.74) is 1.76. The quantitative estimate of drug-likeness (QED) is 0.864. The third-order valence-corrected chi connectivity index (χ3v) is 3.96. The van der Waals surface area contributed by atoms with E-state index in [2.05, 4.69) is 48.2 Å². The monoisotopic (exact) mass is 233 g/mol. The minimum absolute atomic E-state index is 0.406. The molecule has 0 amide bonds. The largest absolute Gasteiger partial charge is 0.315 e. The number of likely N-dealkylation sites (tertiary alicyclic amines) is 1. The highest BCUT2D eigenvalue weighted by atomic mass is 15.2. The van der Waals surface area contributed by atoms with Crippen molar-refractivity contribution in [3.8, 4) is 0 Å². The van der Waals surface area contributed by atoms with Gasteiger partial charge in [0.25, 0.3) is 0 Å². The zero-order chi connectivity index (χ0) is 12.3. The molecule has 0 radical (unpaired) electrons. The van der Waals surface area contributed by atoms with Crippen LogP contribution in [0.1, 0.15) is 25.8 Å². The fraction of sp³-hybridized carbons (Fsp3) is 0.643. The van der Waals surface area contributed by atoms with E-state index >= 15 is 0 Å². The molecule has 0 aliphatic carbocycles. The fourth-order valence-electron chi connectivity index (χ4n) is 2.59. The van der Waals surface area contributed by atoms with E-state index in [1.54, 1.807) is 0 Å². The first kappa shape index (κ1) is 12.5. The highest BCUT2D eigenvalue weighted by Crippen LogP contribution is 2.30. The Morgan fingerprint density at radius 1 is 1.41 bits per heavy atom. The van der Waals surface area contributed by atoms with Crippen LogP contribution in [0.15, 0.2) is 24.5 Å². The smallest absolute Gasteiger partial charge is 0.0271 e. The van der Waals surface area contributed by atoms with Gasteiger partial charge in [-0.1, -0.05) is 13.8 Å². The number of hydrogen-bond donors (Lipinski definition) is 1. The summed E-state index contributed by atoms with van der Waals surface area (Å²) in [7, 11) is 2.07. The number of nitrogens with zero attached hydrogens (tertiary/aromatic N) is 2. The Labute approximate surface area is 104 Å². The predicted octanol–water partition coefficient (Wildman–Crippen LogP) is 1.90. The van der Waals surface area contributed by atoms with Crippen molar-refractivity contribution in [2.75, 3.05) is 20.1 Å². The molecule has 3 nitrogen and oxygen atoms in total. The molecule has 1 aromatic rings. The number of aromatic nitrogens is 1. The zero-order valence-corrected chi connectivity index (χ0v) is 11.1. The molecule has 1 aromatic heterocycles. The molecule has 1 N–H and O–H groups in total. The van der Waals surface area contributed by atoms with E-state index in [0.29, 0.717) is 11.5 Å². The summed E-state index contributed by atoms with van der Waals surface area (Å²) in [6, 6.07) is 4.79. The number of pyridine rings is 1. The molecule has 1 fully saturated rings. The second kappa shape index (κ2) is 5.15. The second-order valence-corrected chi connectivity index (χ2v) is 5.67. The summed E-state index contributed by atoms with van der Waals surface area (Å²) < 4.78 is 0. The van der Waals surface area contributed by atoms with Gasteiger partial charge in [-0.2, -0.15) is 0 Å². The third kappa shape index (κ3) is 3.05. The van der Waals surface area contributed by atoms with Crippen molar-refractivity contribution in [1.82, 2.24) is 15.2 Å². The maximum absolute atomic E-state index is 4.06. The van der Waals surface area contributed by atoms with Crippen molar-refractivity contribution in [3.05, 3.63) is 30.1 Å². The summed E-state index contributed by atoms with van der Waals surface area (Å²) in [6.45, 7) is 8.08. The van der Waals surface area contributed by atoms with Gasteiger partial charge in [-0.3, -0.25) is 9.88 Å². The van der Waals surface area contributed by atoms with Crippen LogP contribution in [-0.4, -0.2) is 36.1 Å². The van der Waals surface area contributed by atoms with Gasteiger partial charge in [-0.25, -0.2) is 0 Å². The van der Waals surface area contributed by atoms with Crippen LogP contribution in [0.2, 0.25) is 0 Å². The van der Waals surface area contributed by atoms with Gasteiger partial charge in [0.15, 0.2) is 0 Å². The van der Waals surface area contributed by atoms with Crippen molar-refractivity contribution < 1.29 is 0 Å². The van der Waals surface area contributed by atoms with Gasteiger partial charge in [0.2, 0.25) is 0 Å². The molecular weight excluding hydrogens is 210 g/mol. The van der Waals surface area contributed by atoms with E-state index < -0.39 is 0 Å². The van der Waals surface area contributed by atoms with Crippen LogP contribution in [-0.2, 0) is 6.54 Å². The minimum atomic E-state index is 0.406. The maximum atomic E-state index is 4.06.